The van der Waals surface area contributed by atoms with Crippen molar-refractivity contribution in [3.8, 4) is 5.75 Å². The van der Waals surface area contributed by atoms with Gasteiger partial charge < -0.3 is 15.4 Å². The van der Waals surface area contributed by atoms with E-state index in [1.165, 1.54) is 17.7 Å². The van der Waals surface area contributed by atoms with E-state index >= 15 is 0 Å². The number of halogens is 3. The van der Waals surface area contributed by atoms with Crippen LogP contribution in [-0.4, -0.2) is 29.3 Å². The summed E-state index contributed by atoms with van der Waals surface area (Å²) in [4.78, 5) is 6.06. The second-order valence-electron chi connectivity index (χ2n) is 6.65. The van der Waals surface area contributed by atoms with Crippen LogP contribution in [0.5, 0.6) is 5.75 Å². The fourth-order valence-electron chi connectivity index (χ4n) is 3.22. The molecule has 0 saturated carbocycles. The number of benzene rings is 2. The lowest BCUT2D eigenvalue weighted by Gasteiger charge is -2.28. The molecule has 0 fully saturated rings. The second kappa shape index (κ2) is 8.08. The topological polar surface area (TPSA) is 79.5 Å². The molecule has 0 spiro atoms. The summed E-state index contributed by atoms with van der Waals surface area (Å²) in [6, 6.07) is 10.8. The fraction of sp³-hybridized carbons (Fsp3) is 0.200. The van der Waals surface area contributed by atoms with Crippen LogP contribution in [-0.2, 0) is 6.42 Å². The third-order valence-corrected chi connectivity index (χ3v) is 5.00. The molecule has 0 radical (unpaired) electrons. The molecule has 0 unspecified atom stereocenters. The summed E-state index contributed by atoms with van der Waals surface area (Å²) < 4.78 is 29.2. The highest BCUT2D eigenvalue weighted by Gasteiger charge is 2.19. The zero-order valence-corrected chi connectivity index (χ0v) is 16.0. The van der Waals surface area contributed by atoms with Gasteiger partial charge in [0.2, 0.25) is 5.96 Å². The van der Waals surface area contributed by atoms with Crippen LogP contribution in [0.15, 0.2) is 59.4 Å². The number of rotatable bonds is 6. The number of hydrogen-bond donors (Lipinski definition) is 2. The average molecular weight is 418 g/mol. The predicted octanol–water partition coefficient (Wildman–Crippen LogP) is 4.47. The van der Waals surface area contributed by atoms with Gasteiger partial charge in [0.1, 0.15) is 5.75 Å². The van der Waals surface area contributed by atoms with Gasteiger partial charge in [0.05, 0.1) is 16.7 Å². The molecule has 0 amide bonds. The Labute approximate surface area is 170 Å². The third kappa shape index (κ3) is 4.32. The minimum absolute atomic E-state index is 0.0802. The number of aromatic nitrogens is 2. The number of nitrogens with zero attached hydrogens (tertiary/aromatic N) is 3. The summed E-state index contributed by atoms with van der Waals surface area (Å²) in [6.07, 6.45) is 5.23. The summed E-state index contributed by atoms with van der Waals surface area (Å²) in [5, 5.41) is 8.13. The first-order chi connectivity index (χ1) is 14.0. The molecule has 3 N–H and O–H groups in total. The van der Waals surface area contributed by atoms with Crippen molar-refractivity contribution in [3.63, 3.8) is 0 Å². The van der Waals surface area contributed by atoms with Gasteiger partial charge in [-0.3, -0.25) is 5.10 Å². The summed E-state index contributed by atoms with van der Waals surface area (Å²) in [7, 11) is 0. The maximum absolute atomic E-state index is 12.4. The van der Waals surface area contributed by atoms with Gasteiger partial charge in [-0.1, -0.05) is 17.7 Å². The van der Waals surface area contributed by atoms with E-state index in [4.69, 9.17) is 17.3 Å². The highest BCUT2D eigenvalue weighted by atomic mass is 35.5. The van der Waals surface area contributed by atoms with Gasteiger partial charge in [0.25, 0.3) is 0 Å². The van der Waals surface area contributed by atoms with Crippen molar-refractivity contribution in [3.05, 3.63) is 65.0 Å². The molecule has 150 valence electrons. The second-order valence-corrected chi connectivity index (χ2v) is 7.05. The number of hydrogen-bond acceptors (Lipinski definition) is 5. The van der Waals surface area contributed by atoms with Gasteiger partial charge in [-0.25, -0.2) is 4.99 Å². The number of H-pyrrole nitrogens is 1. The van der Waals surface area contributed by atoms with Gasteiger partial charge >= 0.3 is 6.61 Å². The van der Waals surface area contributed by atoms with Crippen molar-refractivity contribution in [1.82, 2.24) is 10.2 Å². The molecule has 9 heteroatoms. The van der Waals surface area contributed by atoms with Crippen LogP contribution in [0.3, 0.4) is 0 Å². The molecule has 1 aliphatic heterocycles. The Morgan fingerprint density at radius 2 is 2.07 bits per heavy atom. The fourth-order valence-corrected chi connectivity index (χ4v) is 3.44. The van der Waals surface area contributed by atoms with Crippen LogP contribution in [0.4, 0.5) is 14.5 Å². The Hall–Kier alpha value is -3.13. The molecule has 2 aromatic carbocycles. The lowest BCUT2D eigenvalue weighted by atomic mass is 10.0. The summed E-state index contributed by atoms with van der Waals surface area (Å²) in [5.41, 5.74) is 9.98. The first-order valence-electron chi connectivity index (χ1n) is 8.95. The normalized spacial score (nSPS) is 14.3. The van der Waals surface area contributed by atoms with Crippen molar-refractivity contribution >= 4 is 34.2 Å². The van der Waals surface area contributed by atoms with E-state index < -0.39 is 6.61 Å². The predicted molar refractivity (Wildman–Crippen MR) is 110 cm³/mol. The first-order valence-corrected chi connectivity index (χ1v) is 9.32. The van der Waals surface area contributed by atoms with E-state index in [0.29, 0.717) is 18.2 Å². The monoisotopic (exact) mass is 417 g/mol. The highest BCUT2D eigenvalue weighted by molar-refractivity contribution is 6.32. The molecule has 1 aliphatic rings. The van der Waals surface area contributed by atoms with Crippen LogP contribution >= 0.6 is 11.6 Å². The number of anilines is 1. The molecule has 3 aromatic rings. The Kier molecular flexibility index (Phi) is 5.35. The van der Waals surface area contributed by atoms with Gasteiger partial charge in [-0.15, -0.1) is 0 Å². The lowest BCUT2D eigenvalue weighted by molar-refractivity contribution is -0.0497. The number of nitrogens with two attached hydrogens (primary N) is 1. The average Bonchev–Trinajstić information content (AvgIpc) is 3.16. The van der Waals surface area contributed by atoms with Crippen LogP contribution in [0.1, 0.15) is 12.0 Å². The molecular formula is C20H18ClF2N5O. The molecule has 29 heavy (non-hydrogen) atoms. The van der Waals surface area contributed by atoms with Crippen LogP contribution in [0, 0.1) is 0 Å². The third-order valence-electron chi connectivity index (χ3n) is 4.70. The minimum atomic E-state index is -2.93. The summed E-state index contributed by atoms with van der Waals surface area (Å²) in [6.45, 7) is -2.40. The van der Waals surface area contributed by atoms with Gasteiger partial charge in [0.15, 0.2) is 0 Å². The number of guanidine groups is 1. The Morgan fingerprint density at radius 3 is 2.86 bits per heavy atom. The summed E-state index contributed by atoms with van der Waals surface area (Å²) in [5.74, 6) is 0.232. The number of aryl methyl sites for hydroxylation is 1. The van der Waals surface area contributed by atoms with Gasteiger partial charge in [0, 0.05) is 23.8 Å². The SMILES string of the molecule is NC1=NC=C(CCc2ccc3[nH]ncc3c2)CN1c1ccc(OC(F)F)c(Cl)c1. The largest absolute Gasteiger partial charge is 0.433 e. The van der Waals surface area contributed by atoms with Crippen LogP contribution in [0.2, 0.25) is 5.02 Å². The first kappa shape index (κ1) is 19.2. The lowest BCUT2D eigenvalue weighted by Crippen LogP contribution is -2.40. The number of ether oxygens (including phenoxy) is 1. The minimum Gasteiger partial charge on any atom is -0.433 e. The van der Waals surface area contributed by atoms with E-state index in [1.54, 1.807) is 23.4 Å². The van der Waals surface area contributed by atoms with Crippen molar-refractivity contribution in [2.45, 2.75) is 19.5 Å². The summed E-state index contributed by atoms with van der Waals surface area (Å²) >= 11 is 6.07. The molecule has 4 rings (SSSR count). The maximum Gasteiger partial charge on any atom is 0.387 e. The number of alkyl halides is 2. The molecule has 0 aliphatic carbocycles. The van der Waals surface area contributed by atoms with Crippen molar-refractivity contribution in [2.24, 2.45) is 10.7 Å². The Morgan fingerprint density at radius 1 is 1.21 bits per heavy atom. The molecule has 0 atom stereocenters. The standard InChI is InChI=1S/C20H18ClF2N5O/c21-16-8-15(4-6-18(16)29-19(22)23)28-11-13(9-25-20(28)24)2-1-12-3-5-17-14(7-12)10-26-27-17/h3-10,19H,1-2,11H2,(H2,24,25)(H,26,27). The molecule has 6 nitrogen and oxygen atoms in total. The van der Waals surface area contributed by atoms with Crippen molar-refractivity contribution < 1.29 is 13.5 Å². The van der Waals surface area contributed by atoms with E-state index in [0.717, 1.165) is 29.3 Å². The quantitative estimate of drug-likeness (QED) is 0.620. The van der Waals surface area contributed by atoms with Crippen LogP contribution in [0.25, 0.3) is 10.9 Å². The molecule has 2 heterocycles. The maximum atomic E-state index is 12.4. The molecule has 0 bridgehead atoms. The molecule has 0 saturated heterocycles. The van der Waals surface area contributed by atoms with E-state index in [9.17, 15) is 8.78 Å². The number of aromatic amines is 1. The van der Waals surface area contributed by atoms with Crippen LogP contribution < -0.4 is 15.4 Å². The number of nitrogens with one attached hydrogen (secondary N) is 1. The zero-order chi connectivity index (χ0) is 20.4. The smallest absolute Gasteiger partial charge is 0.387 e. The number of aliphatic imine (C=N–C) groups is 1. The van der Waals surface area contributed by atoms with Crippen molar-refractivity contribution in [2.75, 3.05) is 11.4 Å². The van der Waals surface area contributed by atoms with Crippen molar-refractivity contribution in [1.29, 1.82) is 0 Å². The van der Waals surface area contributed by atoms with Gasteiger partial charge in [-0.2, -0.15) is 13.9 Å². The van der Waals surface area contributed by atoms with E-state index in [2.05, 4.69) is 32.1 Å². The molecular weight excluding hydrogens is 400 g/mol. The zero-order valence-electron chi connectivity index (χ0n) is 15.3. The Bertz CT molecular complexity index is 1100. The Balaban J connectivity index is 1.45. The highest BCUT2D eigenvalue weighted by Crippen LogP contribution is 2.31. The number of fused-ring (bicyclic) bond motifs is 1. The molecule has 1 aromatic heterocycles. The van der Waals surface area contributed by atoms with E-state index in [-0.39, 0.29) is 10.8 Å². The van der Waals surface area contributed by atoms with E-state index in [1.807, 2.05) is 6.07 Å². The van der Waals surface area contributed by atoms with Gasteiger partial charge in [-0.05, 0) is 54.3 Å².